The zero-order chi connectivity index (χ0) is 21.6. The van der Waals surface area contributed by atoms with Crippen molar-refractivity contribution in [2.24, 2.45) is 0 Å². The van der Waals surface area contributed by atoms with E-state index in [1.165, 1.54) is 24.5 Å². The molecule has 0 fully saturated rings. The molecule has 0 bridgehead atoms. The molecule has 0 aliphatic carbocycles. The Morgan fingerprint density at radius 1 is 0.839 bits per heavy atom. The van der Waals surface area contributed by atoms with Crippen molar-refractivity contribution in [3.05, 3.63) is 121 Å². The molecule has 0 spiro atoms. The van der Waals surface area contributed by atoms with Crippen LogP contribution in [0.3, 0.4) is 0 Å². The minimum absolute atomic E-state index is 0.0582. The quantitative estimate of drug-likeness (QED) is 0.477. The second kappa shape index (κ2) is 8.83. The van der Waals surface area contributed by atoms with Crippen LogP contribution >= 0.6 is 0 Å². The van der Waals surface area contributed by atoms with Crippen LogP contribution < -0.4 is 26.6 Å². The highest BCUT2D eigenvalue weighted by Gasteiger charge is 2.08. The Hall–Kier alpha value is -4.59. The summed E-state index contributed by atoms with van der Waals surface area (Å²) in [4.78, 5) is 49.9. The molecule has 2 N–H and O–H groups in total. The highest BCUT2D eigenvalue weighted by atomic mass is 16.5. The maximum Gasteiger partial charge on any atom is 0.345 e. The van der Waals surface area contributed by atoms with E-state index >= 15 is 0 Å². The van der Waals surface area contributed by atoms with Gasteiger partial charge in [-0.05, 0) is 42.0 Å². The zero-order valence-electron chi connectivity index (χ0n) is 16.1. The molecule has 8 nitrogen and oxygen atoms in total. The van der Waals surface area contributed by atoms with Crippen molar-refractivity contribution >= 4 is 18.1 Å². The highest BCUT2D eigenvalue weighted by Crippen LogP contribution is 2.11. The predicted octanol–water partition coefficient (Wildman–Crippen LogP) is 0.730. The molecule has 152 valence electrons. The van der Waals surface area contributed by atoms with Crippen molar-refractivity contribution in [1.29, 1.82) is 0 Å². The van der Waals surface area contributed by atoms with Crippen LogP contribution in [0.15, 0.2) is 82.8 Å². The number of rotatable bonds is 4. The van der Waals surface area contributed by atoms with Gasteiger partial charge in [0.05, 0.1) is 17.5 Å². The number of benzene rings is 1. The summed E-state index contributed by atoms with van der Waals surface area (Å²) in [6.07, 6.45) is 7.33. The molecule has 0 atom stereocenters. The van der Waals surface area contributed by atoms with Gasteiger partial charge in [0.25, 0.3) is 11.1 Å². The SMILES string of the molecule is O=C(Oc1ccc(/C=c2\[nH]c(=O)/c(=C/c3ccccc3)[nH]c2=O)nc1)c1cccnc1. The van der Waals surface area contributed by atoms with E-state index in [-0.39, 0.29) is 16.4 Å². The lowest BCUT2D eigenvalue weighted by atomic mass is 10.2. The van der Waals surface area contributed by atoms with Gasteiger partial charge in [0.15, 0.2) is 0 Å². The Labute approximate surface area is 175 Å². The highest BCUT2D eigenvalue weighted by molar-refractivity contribution is 5.90. The average Bonchev–Trinajstić information content (AvgIpc) is 2.80. The fourth-order valence-electron chi connectivity index (χ4n) is 2.75. The minimum atomic E-state index is -0.558. The van der Waals surface area contributed by atoms with Crippen molar-refractivity contribution in [3.8, 4) is 5.75 Å². The lowest BCUT2D eigenvalue weighted by molar-refractivity contribution is 0.0733. The number of hydrogen-bond donors (Lipinski definition) is 2. The first-order valence-corrected chi connectivity index (χ1v) is 9.28. The number of carbonyl (C=O) groups is 1. The summed E-state index contributed by atoms with van der Waals surface area (Å²) in [6, 6.07) is 15.5. The Morgan fingerprint density at radius 3 is 2.23 bits per heavy atom. The number of aromatic amines is 2. The van der Waals surface area contributed by atoms with Crippen molar-refractivity contribution in [1.82, 2.24) is 19.9 Å². The molecule has 3 aromatic heterocycles. The van der Waals surface area contributed by atoms with E-state index in [0.717, 1.165) is 5.56 Å². The number of pyridine rings is 2. The normalized spacial score (nSPS) is 12.0. The molecule has 0 unspecified atom stereocenters. The fourth-order valence-corrected chi connectivity index (χ4v) is 2.75. The van der Waals surface area contributed by atoms with E-state index in [9.17, 15) is 14.4 Å². The van der Waals surface area contributed by atoms with Gasteiger partial charge in [-0.1, -0.05) is 30.3 Å². The van der Waals surface area contributed by atoms with Crippen LogP contribution in [0.4, 0.5) is 0 Å². The van der Waals surface area contributed by atoms with Crippen molar-refractivity contribution in [2.45, 2.75) is 0 Å². The van der Waals surface area contributed by atoms with Crippen molar-refractivity contribution in [3.63, 3.8) is 0 Å². The van der Waals surface area contributed by atoms with Crippen LogP contribution in [0.5, 0.6) is 5.75 Å². The van der Waals surface area contributed by atoms with Crippen LogP contribution in [-0.4, -0.2) is 25.9 Å². The predicted molar refractivity (Wildman–Crippen MR) is 114 cm³/mol. The van der Waals surface area contributed by atoms with Crippen molar-refractivity contribution < 1.29 is 9.53 Å². The fraction of sp³-hybridized carbons (Fsp3) is 0. The topological polar surface area (TPSA) is 118 Å². The summed E-state index contributed by atoms with van der Waals surface area (Å²) >= 11 is 0. The summed E-state index contributed by atoms with van der Waals surface area (Å²) in [7, 11) is 0. The molecular weight excluding hydrogens is 396 g/mol. The van der Waals surface area contributed by atoms with Crippen LogP contribution in [0.2, 0.25) is 0 Å². The Kier molecular flexibility index (Phi) is 5.62. The maximum atomic E-state index is 12.4. The number of nitrogens with one attached hydrogen (secondary N) is 2. The van der Waals surface area contributed by atoms with Crippen LogP contribution in [0.1, 0.15) is 21.6 Å². The molecule has 3 heterocycles. The number of H-pyrrole nitrogens is 2. The summed E-state index contributed by atoms with van der Waals surface area (Å²) in [5, 5.41) is 0.210. The zero-order valence-corrected chi connectivity index (χ0v) is 16.1. The van der Waals surface area contributed by atoms with Gasteiger partial charge in [-0.2, -0.15) is 0 Å². The van der Waals surface area contributed by atoms with Crippen LogP contribution in [-0.2, 0) is 0 Å². The molecule has 1 aromatic carbocycles. The molecule has 4 aromatic rings. The van der Waals surface area contributed by atoms with Crippen LogP contribution in [0, 0.1) is 0 Å². The lowest BCUT2D eigenvalue weighted by Crippen LogP contribution is -2.46. The summed E-state index contributed by atoms with van der Waals surface area (Å²) < 4.78 is 5.24. The smallest absolute Gasteiger partial charge is 0.345 e. The monoisotopic (exact) mass is 412 g/mol. The van der Waals surface area contributed by atoms with Gasteiger partial charge in [0.1, 0.15) is 16.4 Å². The van der Waals surface area contributed by atoms with E-state index in [1.807, 2.05) is 30.3 Å². The largest absolute Gasteiger partial charge is 0.421 e. The molecule has 0 amide bonds. The first-order valence-electron chi connectivity index (χ1n) is 9.28. The molecule has 8 heteroatoms. The molecule has 0 saturated heterocycles. The van der Waals surface area contributed by atoms with Gasteiger partial charge in [-0.3, -0.25) is 19.6 Å². The van der Waals surface area contributed by atoms with Crippen LogP contribution in [0.25, 0.3) is 12.2 Å². The number of ether oxygens (including phenoxy) is 1. The number of aromatic nitrogens is 4. The third kappa shape index (κ3) is 4.88. The molecule has 0 aliphatic rings. The van der Waals surface area contributed by atoms with E-state index in [4.69, 9.17) is 4.74 Å². The van der Waals surface area contributed by atoms with Gasteiger partial charge in [-0.25, -0.2) is 4.79 Å². The van der Waals surface area contributed by atoms with Gasteiger partial charge in [0, 0.05) is 12.4 Å². The molecule has 0 saturated carbocycles. The molecule has 0 aliphatic heterocycles. The molecule has 4 rings (SSSR count). The first-order chi connectivity index (χ1) is 15.1. The summed E-state index contributed by atoms with van der Waals surface area (Å²) in [6.45, 7) is 0. The van der Waals surface area contributed by atoms with Gasteiger partial charge in [-0.15, -0.1) is 0 Å². The standard InChI is InChI=1S/C23H16N4O4/c28-21-19(11-15-5-2-1-3-6-15)26-22(29)20(27-21)12-17-8-9-18(14-25-17)31-23(30)16-7-4-10-24-13-16/h1-14H,(H,26,29)(H,27,28)/b19-11-,20-12-. The third-order valence-corrected chi connectivity index (χ3v) is 4.26. The third-order valence-electron chi connectivity index (χ3n) is 4.26. The maximum absolute atomic E-state index is 12.4. The Balaban J connectivity index is 1.58. The average molecular weight is 412 g/mol. The van der Waals surface area contributed by atoms with Gasteiger partial charge < -0.3 is 14.7 Å². The minimum Gasteiger partial charge on any atom is -0.421 e. The summed E-state index contributed by atoms with van der Waals surface area (Å²) in [5.41, 5.74) is 0.614. The molecular formula is C23H16N4O4. The second-order valence-electron chi connectivity index (χ2n) is 6.48. The number of esters is 1. The Morgan fingerprint density at radius 2 is 1.58 bits per heavy atom. The van der Waals surface area contributed by atoms with E-state index in [2.05, 4.69) is 19.9 Å². The van der Waals surface area contributed by atoms with E-state index in [1.54, 1.807) is 30.5 Å². The number of carbonyl (C=O) groups excluding carboxylic acids is 1. The number of hydrogen-bond acceptors (Lipinski definition) is 6. The Bertz CT molecular complexity index is 1440. The van der Waals surface area contributed by atoms with E-state index in [0.29, 0.717) is 11.3 Å². The first kappa shape index (κ1) is 19.7. The molecule has 0 radical (unpaired) electrons. The van der Waals surface area contributed by atoms with Gasteiger partial charge >= 0.3 is 5.97 Å². The molecule has 31 heavy (non-hydrogen) atoms. The van der Waals surface area contributed by atoms with Crippen molar-refractivity contribution in [2.75, 3.05) is 0 Å². The second-order valence-corrected chi connectivity index (χ2v) is 6.48. The van der Waals surface area contributed by atoms with Gasteiger partial charge in [0.2, 0.25) is 0 Å². The summed E-state index contributed by atoms with van der Waals surface area (Å²) in [5.74, 6) is -0.320. The number of nitrogens with zero attached hydrogens (tertiary/aromatic N) is 2. The lowest BCUT2D eigenvalue weighted by Gasteiger charge is -2.03. The van der Waals surface area contributed by atoms with E-state index < -0.39 is 17.1 Å².